The van der Waals surface area contributed by atoms with Crippen molar-refractivity contribution >= 4 is 0 Å². The SMILES string of the molecule is C=CCCCCCCOCC1CO1. The number of unbranched alkanes of at least 4 members (excludes halogenated alkanes) is 4. The van der Waals surface area contributed by atoms with Crippen LogP contribution in [0.5, 0.6) is 0 Å². The molecule has 1 aliphatic rings. The first-order chi connectivity index (χ1) is 6.43. The summed E-state index contributed by atoms with van der Waals surface area (Å²) in [5, 5.41) is 0. The number of rotatable bonds is 9. The molecule has 2 heteroatoms. The van der Waals surface area contributed by atoms with E-state index in [1.807, 2.05) is 6.08 Å². The van der Waals surface area contributed by atoms with E-state index in [0.29, 0.717) is 6.10 Å². The van der Waals surface area contributed by atoms with Gasteiger partial charge in [0.05, 0.1) is 13.2 Å². The van der Waals surface area contributed by atoms with Crippen LogP contribution in [0.2, 0.25) is 0 Å². The van der Waals surface area contributed by atoms with Crippen LogP contribution in [0.15, 0.2) is 12.7 Å². The van der Waals surface area contributed by atoms with Crippen molar-refractivity contribution in [1.29, 1.82) is 0 Å². The monoisotopic (exact) mass is 184 g/mol. The lowest BCUT2D eigenvalue weighted by atomic mass is 10.1. The molecule has 13 heavy (non-hydrogen) atoms. The van der Waals surface area contributed by atoms with E-state index < -0.39 is 0 Å². The first-order valence-electron chi connectivity index (χ1n) is 5.23. The molecule has 1 unspecified atom stereocenters. The van der Waals surface area contributed by atoms with Gasteiger partial charge in [0.25, 0.3) is 0 Å². The fourth-order valence-electron chi connectivity index (χ4n) is 1.23. The molecule has 2 nitrogen and oxygen atoms in total. The molecule has 0 spiro atoms. The minimum atomic E-state index is 0.417. The summed E-state index contributed by atoms with van der Waals surface area (Å²) in [4.78, 5) is 0. The Hall–Kier alpha value is -0.340. The van der Waals surface area contributed by atoms with E-state index in [2.05, 4.69) is 6.58 Å². The van der Waals surface area contributed by atoms with Gasteiger partial charge in [0.1, 0.15) is 6.10 Å². The number of ether oxygens (including phenoxy) is 2. The van der Waals surface area contributed by atoms with E-state index in [1.54, 1.807) is 0 Å². The van der Waals surface area contributed by atoms with E-state index in [-0.39, 0.29) is 0 Å². The van der Waals surface area contributed by atoms with Crippen LogP contribution in [0, 0.1) is 0 Å². The molecular formula is C11H20O2. The predicted octanol–water partition coefficient (Wildman–Crippen LogP) is 2.54. The Balaban J connectivity index is 1.65. The van der Waals surface area contributed by atoms with Gasteiger partial charge in [0, 0.05) is 6.61 Å². The van der Waals surface area contributed by atoms with Gasteiger partial charge in [-0.25, -0.2) is 0 Å². The van der Waals surface area contributed by atoms with Crippen LogP contribution in [0.25, 0.3) is 0 Å². The van der Waals surface area contributed by atoms with Gasteiger partial charge in [-0.3, -0.25) is 0 Å². The average Bonchev–Trinajstić information content (AvgIpc) is 2.93. The van der Waals surface area contributed by atoms with Gasteiger partial charge < -0.3 is 9.47 Å². The number of hydrogen-bond donors (Lipinski definition) is 0. The van der Waals surface area contributed by atoms with Crippen LogP contribution < -0.4 is 0 Å². The third-order valence-electron chi connectivity index (χ3n) is 2.15. The maximum Gasteiger partial charge on any atom is 0.104 e. The second kappa shape index (κ2) is 7.10. The Labute approximate surface area is 80.9 Å². The van der Waals surface area contributed by atoms with Crippen molar-refractivity contribution in [1.82, 2.24) is 0 Å². The highest BCUT2D eigenvalue weighted by Crippen LogP contribution is 2.09. The largest absolute Gasteiger partial charge is 0.379 e. The van der Waals surface area contributed by atoms with Gasteiger partial charge >= 0.3 is 0 Å². The van der Waals surface area contributed by atoms with Crippen LogP contribution in [0.1, 0.15) is 32.1 Å². The lowest BCUT2D eigenvalue weighted by Crippen LogP contribution is -2.02. The quantitative estimate of drug-likeness (QED) is 0.312. The Bertz CT molecular complexity index is 130. The number of hydrogen-bond acceptors (Lipinski definition) is 2. The summed E-state index contributed by atoms with van der Waals surface area (Å²) in [5.74, 6) is 0. The first-order valence-corrected chi connectivity index (χ1v) is 5.23. The molecule has 0 aromatic carbocycles. The molecule has 76 valence electrons. The third kappa shape index (κ3) is 6.79. The van der Waals surface area contributed by atoms with Crippen LogP contribution in [0.4, 0.5) is 0 Å². The first kappa shape index (κ1) is 10.7. The zero-order valence-corrected chi connectivity index (χ0v) is 8.34. The fourth-order valence-corrected chi connectivity index (χ4v) is 1.23. The van der Waals surface area contributed by atoms with Gasteiger partial charge in [-0.05, 0) is 19.3 Å². The van der Waals surface area contributed by atoms with Crippen LogP contribution in [-0.4, -0.2) is 25.9 Å². The van der Waals surface area contributed by atoms with Gasteiger partial charge in [0.15, 0.2) is 0 Å². The summed E-state index contributed by atoms with van der Waals surface area (Å²) in [7, 11) is 0. The average molecular weight is 184 g/mol. The van der Waals surface area contributed by atoms with E-state index in [4.69, 9.17) is 9.47 Å². The summed E-state index contributed by atoms with van der Waals surface area (Å²) in [6, 6.07) is 0. The van der Waals surface area contributed by atoms with Crippen molar-refractivity contribution < 1.29 is 9.47 Å². The molecule has 0 bridgehead atoms. The second-order valence-corrected chi connectivity index (χ2v) is 3.52. The van der Waals surface area contributed by atoms with E-state index in [0.717, 1.165) is 26.2 Å². The van der Waals surface area contributed by atoms with Gasteiger partial charge in [0.2, 0.25) is 0 Å². The number of epoxide rings is 1. The van der Waals surface area contributed by atoms with Crippen molar-refractivity contribution in [3.05, 3.63) is 12.7 Å². The molecule has 0 aromatic rings. The minimum Gasteiger partial charge on any atom is -0.379 e. The summed E-state index contributed by atoms with van der Waals surface area (Å²) >= 11 is 0. The van der Waals surface area contributed by atoms with Crippen LogP contribution in [-0.2, 0) is 9.47 Å². The zero-order valence-electron chi connectivity index (χ0n) is 8.34. The zero-order chi connectivity index (χ0) is 9.36. The molecule has 1 atom stereocenters. The van der Waals surface area contributed by atoms with Crippen molar-refractivity contribution in [2.45, 2.75) is 38.2 Å². The van der Waals surface area contributed by atoms with Crippen molar-refractivity contribution in [2.24, 2.45) is 0 Å². The van der Waals surface area contributed by atoms with Gasteiger partial charge in [-0.15, -0.1) is 6.58 Å². The Morgan fingerprint density at radius 1 is 1.31 bits per heavy atom. The Morgan fingerprint density at radius 2 is 2.08 bits per heavy atom. The maximum atomic E-state index is 5.42. The van der Waals surface area contributed by atoms with Crippen LogP contribution >= 0.6 is 0 Å². The van der Waals surface area contributed by atoms with Gasteiger partial charge in [-0.1, -0.05) is 18.9 Å². The van der Waals surface area contributed by atoms with Crippen molar-refractivity contribution in [2.75, 3.05) is 19.8 Å². The standard InChI is InChI=1S/C11H20O2/c1-2-3-4-5-6-7-8-12-9-11-10-13-11/h2,11H,1,3-10H2. The molecule has 0 radical (unpaired) electrons. The highest BCUT2D eigenvalue weighted by molar-refractivity contribution is 4.67. The molecule has 1 fully saturated rings. The van der Waals surface area contributed by atoms with Crippen molar-refractivity contribution in [3.8, 4) is 0 Å². The molecule has 1 saturated heterocycles. The smallest absolute Gasteiger partial charge is 0.104 e. The summed E-state index contributed by atoms with van der Waals surface area (Å²) < 4.78 is 10.5. The van der Waals surface area contributed by atoms with Gasteiger partial charge in [-0.2, -0.15) is 0 Å². The molecule has 1 rings (SSSR count). The normalized spacial score (nSPS) is 20.2. The highest BCUT2D eigenvalue weighted by atomic mass is 16.6. The molecule has 0 aliphatic carbocycles. The Kier molecular flexibility index (Phi) is 5.87. The number of allylic oxidation sites excluding steroid dienone is 1. The summed E-state index contributed by atoms with van der Waals surface area (Å²) in [5.41, 5.74) is 0. The lowest BCUT2D eigenvalue weighted by molar-refractivity contribution is 0.113. The Morgan fingerprint density at radius 3 is 2.77 bits per heavy atom. The minimum absolute atomic E-state index is 0.417. The predicted molar refractivity (Wildman–Crippen MR) is 53.8 cm³/mol. The molecule has 0 saturated carbocycles. The van der Waals surface area contributed by atoms with E-state index in [1.165, 1.54) is 25.7 Å². The highest BCUT2D eigenvalue weighted by Gasteiger charge is 2.21. The van der Waals surface area contributed by atoms with E-state index >= 15 is 0 Å². The second-order valence-electron chi connectivity index (χ2n) is 3.52. The van der Waals surface area contributed by atoms with E-state index in [9.17, 15) is 0 Å². The molecule has 1 aliphatic heterocycles. The maximum absolute atomic E-state index is 5.42. The lowest BCUT2D eigenvalue weighted by Gasteiger charge is -2.01. The molecule has 1 heterocycles. The summed E-state index contributed by atoms with van der Waals surface area (Å²) in [6.45, 7) is 6.29. The third-order valence-corrected chi connectivity index (χ3v) is 2.15. The topological polar surface area (TPSA) is 21.8 Å². The molecular weight excluding hydrogens is 164 g/mol. The van der Waals surface area contributed by atoms with Crippen molar-refractivity contribution in [3.63, 3.8) is 0 Å². The summed E-state index contributed by atoms with van der Waals surface area (Å²) in [6.07, 6.45) is 8.59. The fraction of sp³-hybridized carbons (Fsp3) is 0.818. The van der Waals surface area contributed by atoms with Crippen LogP contribution in [0.3, 0.4) is 0 Å². The molecule has 0 aromatic heterocycles. The molecule has 0 N–H and O–H groups in total. The molecule has 0 amide bonds.